The molecule has 4 nitrogen and oxygen atoms in total. The van der Waals surface area contributed by atoms with E-state index in [9.17, 15) is 0 Å². The number of hydrogen-bond acceptors (Lipinski definition) is 4. The van der Waals surface area contributed by atoms with Crippen molar-refractivity contribution < 1.29 is 0 Å². The Morgan fingerprint density at radius 1 is 1.64 bits per heavy atom. The lowest BCUT2D eigenvalue weighted by Gasteiger charge is -2.02. The van der Waals surface area contributed by atoms with Crippen molar-refractivity contribution in [2.75, 3.05) is 5.32 Å². The van der Waals surface area contributed by atoms with Gasteiger partial charge in [0.15, 0.2) is 5.13 Å². The standard InChI is InChI=1S/C8H9ClN4S/c1-13-6(2-3-12-13)4-10-8-11-5-7(9)14-8/h2-3,5H,4H2,1H3,(H,10,11). The highest BCUT2D eigenvalue weighted by Crippen LogP contribution is 2.22. The molecule has 2 aromatic heterocycles. The Hall–Kier alpha value is -1.07. The van der Waals surface area contributed by atoms with Crippen molar-refractivity contribution in [1.82, 2.24) is 14.8 Å². The molecule has 6 heteroatoms. The van der Waals surface area contributed by atoms with Crippen LogP contribution in [0.4, 0.5) is 5.13 Å². The third-order valence-corrected chi connectivity index (χ3v) is 2.89. The number of nitrogens with one attached hydrogen (secondary N) is 1. The molecule has 0 unspecified atom stereocenters. The van der Waals surface area contributed by atoms with Gasteiger partial charge in [0, 0.05) is 13.2 Å². The molecule has 0 fully saturated rings. The summed E-state index contributed by atoms with van der Waals surface area (Å²) in [6.45, 7) is 0.709. The second kappa shape index (κ2) is 3.98. The van der Waals surface area contributed by atoms with E-state index in [0.717, 1.165) is 10.8 Å². The van der Waals surface area contributed by atoms with Crippen molar-refractivity contribution in [2.24, 2.45) is 7.05 Å². The average Bonchev–Trinajstić information content (AvgIpc) is 2.72. The summed E-state index contributed by atoms with van der Waals surface area (Å²) in [4.78, 5) is 4.09. The molecule has 0 atom stereocenters. The van der Waals surface area contributed by atoms with Gasteiger partial charge >= 0.3 is 0 Å². The molecule has 0 radical (unpaired) electrons. The van der Waals surface area contributed by atoms with E-state index in [1.54, 1.807) is 12.4 Å². The Bertz CT molecular complexity index is 422. The highest BCUT2D eigenvalue weighted by molar-refractivity contribution is 7.19. The molecule has 2 aromatic rings. The molecule has 0 aliphatic carbocycles. The first-order valence-corrected chi connectivity index (χ1v) is 5.27. The van der Waals surface area contributed by atoms with Gasteiger partial charge in [-0.25, -0.2) is 4.98 Å². The van der Waals surface area contributed by atoms with Gasteiger partial charge in [0.1, 0.15) is 4.34 Å². The summed E-state index contributed by atoms with van der Waals surface area (Å²) in [5.74, 6) is 0. The van der Waals surface area contributed by atoms with Crippen molar-refractivity contribution >= 4 is 28.1 Å². The maximum atomic E-state index is 5.75. The van der Waals surface area contributed by atoms with Crippen LogP contribution in [-0.4, -0.2) is 14.8 Å². The lowest BCUT2D eigenvalue weighted by molar-refractivity contribution is 0.720. The van der Waals surface area contributed by atoms with Crippen LogP contribution in [0.15, 0.2) is 18.5 Å². The summed E-state index contributed by atoms with van der Waals surface area (Å²) >= 11 is 7.18. The largest absolute Gasteiger partial charge is 0.356 e. The van der Waals surface area contributed by atoms with Crippen LogP contribution in [0.25, 0.3) is 0 Å². The number of anilines is 1. The van der Waals surface area contributed by atoms with Crippen LogP contribution < -0.4 is 5.32 Å². The monoisotopic (exact) mass is 228 g/mol. The summed E-state index contributed by atoms with van der Waals surface area (Å²) < 4.78 is 2.51. The number of hydrogen-bond donors (Lipinski definition) is 1. The van der Waals surface area contributed by atoms with Crippen LogP contribution in [0.2, 0.25) is 4.34 Å². The van der Waals surface area contributed by atoms with E-state index >= 15 is 0 Å². The Morgan fingerprint density at radius 2 is 2.50 bits per heavy atom. The fourth-order valence-electron chi connectivity index (χ4n) is 1.08. The smallest absolute Gasteiger partial charge is 0.184 e. The number of aryl methyl sites for hydroxylation is 1. The molecule has 0 spiro atoms. The number of thiazole rings is 1. The van der Waals surface area contributed by atoms with Gasteiger partial charge in [-0.3, -0.25) is 4.68 Å². The van der Waals surface area contributed by atoms with E-state index in [0.29, 0.717) is 10.9 Å². The molecule has 0 aliphatic rings. The first-order chi connectivity index (χ1) is 6.75. The highest BCUT2D eigenvalue weighted by atomic mass is 35.5. The average molecular weight is 229 g/mol. The Kier molecular flexibility index (Phi) is 2.69. The zero-order valence-corrected chi connectivity index (χ0v) is 9.14. The third kappa shape index (κ3) is 2.05. The molecule has 0 aliphatic heterocycles. The Balaban J connectivity index is 1.98. The predicted octanol–water partition coefficient (Wildman–Crippen LogP) is 2.14. The van der Waals surface area contributed by atoms with Gasteiger partial charge in [-0.15, -0.1) is 0 Å². The molecule has 0 aromatic carbocycles. The normalized spacial score (nSPS) is 10.4. The number of nitrogens with zero attached hydrogens (tertiary/aromatic N) is 3. The molecule has 0 amide bonds. The fourth-order valence-corrected chi connectivity index (χ4v) is 1.88. The van der Waals surface area contributed by atoms with Crippen LogP contribution >= 0.6 is 22.9 Å². The molecule has 0 saturated heterocycles. The van der Waals surface area contributed by atoms with Crippen LogP contribution in [0.1, 0.15) is 5.69 Å². The minimum absolute atomic E-state index is 0.692. The zero-order chi connectivity index (χ0) is 9.97. The van der Waals surface area contributed by atoms with Gasteiger partial charge in [-0.1, -0.05) is 22.9 Å². The zero-order valence-electron chi connectivity index (χ0n) is 7.57. The van der Waals surface area contributed by atoms with Gasteiger partial charge in [0.2, 0.25) is 0 Å². The number of aromatic nitrogens is 3. The number of rotatable bonds is 3. The first kappa shape index (κ1) is 9.48. The van der Waals surface area contributed by atoms with Gasteiger partial charge in [0.25, 0.3) is 0 Å². The summed E-state index contributed by atoms with van der Waals surface area (Å²) in [7, 11) is 1.91. The van der Waals surface area contributed by atoms with Gasteiger partial charge in [-0.2, -0.15) is 5.10 Å². The highest BCUT2D eigenvalue weighted by Gasteiger charge is 2.01. The van der Waals surface area contributed by atoms with E-state index in [4.69, 9.17) is 11.6 Å². The van der Waals surface area contributed by atoms with E-state index in [1.165, 1.54) is 11.3 Å². The van der Waals surface area contributed by atoms with E-state index in [2.05, 4.69) is 15.4 Å². The van der Waals surface area contributed by atoms with Crippen molar-refractivity contribution in [2.45, 2.75) is 6.54 Å². The number of halogens is 1. The maximum absolute atomic E-state index is 5.75. The van der Waals surface area contributed by atoms with Gasteiger partial charge in [0.05, 0.1) is 18.4 Å². The first-order valence-electron chi connectivity index (χ1n) is 4.08. The molecule has 2 rings (SSSR count). The Labute approximate surface area is 90.5 Å². The summed E-state index contributed by atoms with van der Waals surface area (Å²) in [5, 5.41) is 8.07. The predicted molar refractivity (Wildman–Crippen MR) is 57.7 cm³/mol. The second-order valence-corrected chi connectivity index (χ2v) is 4.43. The van der Waals surface area contributed by atoms with Gasteiger partial charge < -0.3 is 5.32 Å². The molecule has 1 N–H and O–H groups in total. The van der Waals surface area contributed by atoms with Crippen molar-refractivity contribution in [3.05, 3.63) is 28.5 Å². The van der Waals surface area contributed by atoms with Crippen LogP contribution in [0.3, 0.4) is 0 Å². The third-order valence-electron chi connectivity index (χ3n) is 1.82. The summed E-state index contributed by atoms with van der Waals surface area (Å²) in [5.41, 5.74) is 1.11. The van der Waals surface area contributed by atoms with E-state index in [-0.39, 0.29) is 0 Å². The molecular weight excluding hydrogens is 220 g/mol. The van der Waals surface area contributed by atoms with Crippen LogP contribution in [0, 0.1) is 0 Å². The summed E-state index contributed by atoms with van der Waals surface area (Å²) in [6, 6.07) is 1.96. The maximum Gasteiger partial charge on any atom is 0.184 e. The van der Waals surface area contributed by atoms with E-state index < -0.39 is 0 Å². The quantitative estimate of drug-likeness (QED) is 0.876. The lowest BCUT2D eigenvalue weighted by Crippen LogP contribution is -2.04. The topological polar surface area (TPSA) is 42.7 Å². The molecule has 0 saturated carbocycles. The SMILES string of the molecule is Cn1nccc1CNc1ncc(Cl)s1. The Morgan fingerprint density at radius 3 is 3.07 bits per heavy atom. The van der Waals surface area contributed by atoms with Crippen molar-refractivity contribution in [3.63, 3.8) is 0 Å². The van der Waals surface area contributed by atoms with Crippen LogP contribution in [0.5, 0.6) is 0 Å². The second-order valence-electron chi connectivity index (χ2n) is 2.77. The van der Waals surface area contributed by atoms with E-state index in [1.807, 2.05) is 17.8 Å². The van der Waals surface area contributed by atoms with Gasteiger partial charge in [-0.05, 0) is 6.07 Å². The molecule has 0 bridgehead atoms. The molecule has 74 valence electrons. The minimum atomic E-state index is 0.692. The van der Waals surface area contributed by atoms with Crippen molar-refractivity contribution in [3.8, 4) is 0 Å². The van der Waals surface area contributed by atoms with Crippen LogP contribution in [-0.2, 0) is 13.6 Å². The molecular formula is C8H9ClN4S. The minimum Gasteiger partial charge on any atom is -0.356 e. The fraction of sp³-hybridized carbons (Fsp3) is 0.250. The lowest BCUT2D eigenvalue weighted by atomic mass is 10.4. The van der Waals surface area contributed by atoms with Crippen molar-refractivity contribution in [1.29, 1.82) is 0 Å². The molecule has 2 heterocycles. The molecule has 14 heavy (non-hydrogen) atoms. The summed E-state index contributed by atoms with van der Waals surface area (Å²) in [6.07, 6.45) is 3.41.